The molecule has 0 atom stereocenters. The Labute approximate surface area is 106 Å². The Bertz CT molecular complexity index is 490. The van der Waals surface area contributed by atoms with Crippen molar-refractivity contribution >= 4 is 39.6 Å². The first-order valence-electron chi connectivity index (χ1n) is 4.59. The van der Waals surface area contributed by atoms with E-state index in [-0.39, 0.29) is 16.3 Å². The summed E-state index contributed by atoms with van der Waals surface area (Å²) in [5.41, 5.74) is -0.353. The molecule has 17 heavy (non-hydrogen) atoms. The van der Waals surface area contributed by atoms with Crippen LogP contribution in [-0.2, 0) is 0 Å². The van der Waals surface area contributed by atoms with Crippen LogP contribution in [0.25, 0.3) is 0 Å². The van der Waals surface area contributed by atoms with E-state index in [1.807, 2.05) is 6.92 Å². The fraction of sp³-hybridized carbons (Fsp3) is 0.222. The average Bonchev–Trinajstić information content (AvgIpc) is 2.28. The summed E-state index contributed by atoms with van der Waals surface area (Å²) in [5, 5.41) is 21.3. The van der Waals surface area contributed by atoms with Gasteiger partial charge in [0, 0.05) is 18.2 Å². The van der Waals surface area contributed by atoms with Gasteiger partial charge in [-0.25, -0.2) is 0 Å². The summed E-state index contributed by atoms with van der Waals surface area (Å²) in [6, 6.07) is 3.40. The topological polar surface area (TPSA) is 86.3 Å². The Hall–Kier alpha value is -1.54. The van der Waals surface area contributed by atoms with Gasteiger partial charge in [0.15, 0.2) is 0 Å². The highest BCUT2D eigenvalue weighted by Crippen LogP contribution is 2.33. The molecule has 0 aliphatic heterocycles. The van der Waals surface area contributed by atoms with Crippen molar-refractivity contribution in [1.29, 1.82) is 0 Å². The molecule has 1 aromatic rings. The molecule has 0 aliphatic rings. The molecule has 90 valence electrons. The number of rotatable bonds is 4. The van der Waals surface area contributed by atoms with Gasteiger partial charge in [-0.3, -0.25) is 20.2 Å². The van der Waals surface area contributed by atoms with Crippen molar-refractivity contribution < 1.29 is 9.85 Å². The average molecular weight is 272 g/mol. The monoisotopic (exact) mass is 272 g/mol. The fourth-order valence-corrected chi connectivity index (χ4v) is 2.13. The number of hydrogen-bond donors (Lipinski definition) is 0. The van der Waals surface area contributed by atoms with E-state index >= 15 is 0 Å². The third kappa shape index (κ3) is 3.46. The highest BCUT2D eigenvalue weighted by Gasteiger charge is 2.19. The lowest BCUT2D eigenvalue weighted by Crippen LogP contribution is -1.95. The van der Waals surface area contributed by atoms with E-state index in [4.69, 9.17) is 12.2 Å². The standard InChI is InChI=1S/C9H8N2O4S2/c1-2-9(16)17-8-5-6(10(12)13)3-4-7(8)11(14)15/h3-5H,2H2,1H3. The predicted molar refractivity (Wildman–Crippen MR) is 68.5 cm³/mol. The van der Waals surface area contributed by atoms with Crippen LogP contribution in [0.2, 0.25) is 0 Å². The number of hydrogen-bond acceptors (Lipinski definition) is 6. The van der Waals surface area contributed by atoms with Gasteiger partial charge in [-0.2, -0.15) is 0 Å². The maximum Gasteiger partial charge on any atom is 0.283 e. The van der Waals surface area contributed by atoms with E-state index in [9.17, 15) is 20.2 Å². The normalized spacial score (nSPS) is 9.94. The highest BCUT2D eigenvalue weighted by atomic mass is 32.2. The molecule has 0 aromatic heterocycles. The first-order valence-corrected chi connectivity index (χ1v) is 5.81. The van der Waals surface area contributed by atoms with Crippen molar-refractivity contribution in [2.45, 2.75) is 18.2 Å². The van der Waals surface area contributed by atoms with Gasteiger partial charge in [0.2, 0.25) is 0 Å². The van der Waals surface area contributed by atoms with Gasteiger partial charge in [0.1, 0.15) is 0 Å². The van der Waals surface area contributed by atoms with Crippen LogP contribution in [0.1, 0.15) is 13.3 Å². The van der Waals surface area contributed by atoms with E-state index in [0.717, 1.165) is 23.9 Å². The molecule has 0 amide bonds. The largest absolute Gasteiger partial charge is 0.283 e. The van der Waals surface area contributed by atoms with Gasteiger partial charge in [-0.1, -0.05) is 30.9 Å². The van der Waals surface area contributed by atoms with Crippen molar-refractivity contribution in [3.05, 3.63) is 38.4 Å². The summed E-state index contributed by atoms with van der Waals surface area (Å²) in [6.07, 6.45) is 0.569. The molecule has 0 radical (unpaired) electrons. The Morgan fingerprint density at radius 2 is 2.00 bits per heavy atom. The van der Waals surface area contributed by atoms with E-state index in [1.54, 1.807) is 0 Å². The van der Waals surface area contributed by atoms with Crippen LogP contribution >= 0.6 is 24.0 Å². The number of nitro groups is 2. The van der Waals surface area contributed by atoms with Crippen LogP contribution < -0.4 is 0 Å². The van der Waals surface area contributed by atoms with E-state index in [0.29, 0.717) is 10.6 Å². The van der Waals surface area contributed by atoms with Gasteiger partial charge < -0.3 is 0 Å². The van der Waals surface area contributed by atoms with Crippen LogP contribution in [0.3, 0.4) is 0 Å². The lowest BCUT2D eigenvalue weighted by atomic mass is 10.3. The molecule has 0 aliphatic carbocycles. The quantitative estimate of drug-likeness (QED) is 0.361. The Balaban J connectivity index is 3.20. The van der Waals surface area contributed by atoms with E-state index < -0.39 is 9.85 Å². The minimum Gasteiger partial charge on any atom is -0.258 e. The predicted octanol–water partition coefficient (Wildman–Crippen LogP) is 3.33. The molecule has 0 heterocycles. The molecule has 1 rings (SSSR count). The maximum absolute atomic E-state index is 10.8. The maximum atomic E-state index is 10.8. The van der Waals surface area contributed by atoms with Crippen molar-refractivity contribution in [2.24, 2.45) is 0 Å². The van der Waals surface area contributed by atoms with Crippen LogP contribution in [0, 0.1) is 20.2 Å². The SMILES string of the molecule is CCC(=S)Sc1cc([N+](=O)[O-])ccc1[N+](=O)[O-]. The van der Waals surface area contributed by atoms with Crippen LogP contribution in [-0.4, -0.2) is 14.0 Å². The summed E-state index contributed by atoms with van der Waals surface area (Å²) < 4.78 is 0.550. The number of thiocarbonyl (C=S) groups is 1. The van der Waals surface area contributed by atoms with Gasteiger partial charge in [-0.15, -0.1) is 0 Å². The second-order valence-electron chi connectivity index (χ2n) is 2.99. The molecule has 0 fully saturated rings. The summed E-state index contributed by atoms with van der Waals surface area (Å²) >= 11 is 5.98. The molecule has 0 unspecified atom stereocenters. The fourth-order valence-electron chi connectivity index (χ4n) is 1.04. The molecule has 0 saturated carbocycles. The molecular weight excluding hydrogens is 264 g/mol. The Morgan fingerprint density at radius 3 is 2.47 bits per heavy atom. The summed E-state index contributed by atoms with van der Waals surface area (Å²) in [7, 11) is 0. The van der Waals surface area contributed by atoms with Crippen LogP contribution in [0.5, 0.6) is 0 Å². The summed E-state index contributed by atoms with van der Waals surface area (Å²) in [4.78, 5) is 20.4. The van der Waals surface area contributed by atoms with Crippen LogP contribution in [0.15, 0.2) is 23.1 Å². The number of nitrogens with zero attached hydrogens (tertiary/aromatic N) is 2. The molecule has 0 spiro atoms. The zero-order chi connectivity index (χ0) is 13.0. The van der Waals surface area contributed by atoms with Crippen molar-refractivity contribution in [1.82, 2.24) is 0 Å². The molecule has 1 aromatic carbocycles. The smallest absolute Gasteiger partial charge is 0.258 e. The third-order valence-corrected chi connectivity index (χ3v) is 3.47. The van der Waals surface area contributed by atoms with Gasteiger partial charge in [-0.05, 0) is 6.42 Å². The highest BCUT2D eigenvalue weighted by molar-refractivity contribution is 8.23. The summed E-state index contributed by atoms with van der Waals surface area (Å²) in [6.45, 7) is 1.82. The van der Waals surface area contributed by atoms with E-state index in [2.05, 4.69) is 0 Å². The summed E-state index contributed by atoms with van der Waals surface area (Å²) in [5.74, 6) is 0. The first kappa shape index (κ1) is 13.5. The molecule has 6 nitrogen and oxygen atoms in total. The second kappa shape index (κ2) is 5.69. The molecule has 0 saturated heterocycles. The van der Waals surface area contributed by atoms with Gasteiger partial charge in [0.05, 0.1) is 18.9 Å². The molecule has 0 bridgehead atoms. The minimum absolute atomic E-state index is 0.170. The molecular formula is C9H8N2O4S2. The lowest BCUT2D eigenvalue weighted by molar-refractivity contribution is -0.391. The number of thioether (sulfide) groups is 1. The lowest BCUT2D eigenvalue weighted by Gasteiger charge is -2.02. The minimum atomic E-state index is -0.594. The first-order chi connectivity index (χ1) is 7.95. The second-order valence-corrected chi connectivity index (χ2v) is 4.88. The number of benzene rings is 1. The van der Waals surface area contributed by atoms with Crippen molar-refractivity contribution in [2.75, 3.05) is 0 Å². The zero-order valence-electron chi connectivity index (χ0n) is 8.78. The molecule has 8 heteroatoms. The van der Waals surface area contributed by atoms with E-state index in [1.165, 1.54) is 6.07 Å². The van der Waals surface area contributed by atoms with Gasteiger partial charge >= 0.3 is 0 Å². The van der Waals surface area contributed by atoms with Gasteiger partial charge in [0.25, 0.3) is 11.4 Å². The molecule has 0 N–H and O–H groups in total. The van der Waals surface area contributed by atoms with Crippen molar-refractivity contribution in [3.8, 4) is 0 Å². The Kier molecular flexibility index (Phi) is 4.53. The number of non-ortho nitro benzene ring substituents is 1. The zero-order valence-corrected chi connectivity index (χ0v) is 10.4. The Morgan fingerprint density at radius 1 is 1.35 bits per heavy atom. The van der Waals surface area contributed by atoms with Crippen LogP contribution in [0.4, 0.5) is 11.4 Å². The van der Waals surface area contributed by atoms with Crippen molar-refractivity contribution in [3.63, 3.8) is 0 Å². The third-order valence-electron chi connectivity index (χ3n) is 1.86. The number of nitro benzene ring substituents is 2.